The van der Waals surface area contributed by atoms with Crippen LogP contribution < -0.4 is 16.4 Å². The molecule has 0 bridgehead atoms. The molecule has 3 nitrogen and oxygen atoms in total. The lowest BCUT2D eigenvalue weighted by atomic mass is 10.0. The molecular weight excluding hydrogens is 246 g/mol. The van der Waals surface area contributed by atoms with Gasteiger partial charge in [0, 0.05) is 19.3 Å². The van der Waals surface area contributed by atoms with Crippen LogP contribution in [0.3, 0.4) is 0 Å². The van der Waals surface area contributed by atoms with Gasteiger partial charge in [-0.2, -0.15) is 0 Å². The Bertz CT molecular complexity index is 551. The van der Waals surface area contributed by atoms with E-state index in [9.17, 15) is 0 Å². The van der Waals surface area contributed by atoms with Gasteiger partial charge in [0.15, 0.2) is 0 Å². The molecule has 0 aliphatic carbocycles. The third-order valence-corrected chi connectivity index (χ3v) is 3.28. The second kappa shape index (κ2) is 7.24. The predicted octanol–water partition coefficient (Wildman–Crippen LogP) is 2.52. The molecule has 0 saturated carbocycles. The Morgan fingerprint density at radius 3 is 2.75 bits per heavy atom. The van der Waals surface area contributed by atoms with Crippen molar-refractivity contribution in [3.63, 3.8) is 0 Å². The molecule has 0 fully saturated rings. The Hall–Kier alpha value is -2.42. The second-order valence-electron chi connectivity index (χ2n) is 4.56. The number of allylic oxidation sites excluding steroid dienone is 3. The molecule has 0 saturated heterocycles. The van der Waals surface area contributed by atoms with Crippen LogP contribution in [0.4, 0.5) is 0 Å². The molecule has 1 aliphatic heterocycles. The van der Waals surface area contributed by atoms with E-state index in [1.165, 1.54) is 16.7 Å². The maximum absolute atomic E-state index is 5.55. The van der Waals surface area contributed by atoms with Gasteiger partial charge >= 0.3 is 0 Å². The molecule has 0 radical (unpaired) electrons. The maximum atomic E-state index is 5.55. The second-order valence-corrected chi connectivity index (χ2v) is 4.56. The van der Waals surface area contributed by atoms with Crippen LogP contribution in [-0.4, -0.2) is 13.6 Å². The average molecular weight is 267 g/mol. The first kappa shape index (κ1) is 14.0. The molecule has 1 aromatic carbocycles. The van der Waals surface area contributed by atoms with Gasteiger partial charge < -0.3 is 16.4 Å². The number of nitrogens with one attached hydrogen (secondary N) is 2. The van der Waals surface area contributed by atoms with Crippen LogP contribution in [0.15, 0.2) is 72.1 Å². The molecule has 0 atom stereocenters. The lowest BCUT2D eigenvalue weighted by Gasteiger charge is -2.09. The molecule has 104 valence electrons. The van der Waals surface area contributed by atoms with E-state index in [1.807, 2.05) is 37.5 Å². The lowest BCUT2D eigenvalue weighted by Crippen LogP contribution is -2.05. The summed E-state index contributed by atoms with van der Waals surface area (Å²) in [6, 6.07) is 10.3. The van der Waals surface area contributed by atoms with Gasteiger partial charge in [-0.15, -0.1) is 0 Å². The van der Waals surface area contributed by atoms with Crippen LogP contribution in [0.1, 0.15) is 12.0 Å². The highest BCUT2D eigenvalue weighted by molar-refractivity contribution is 5.64. The van der Waals surface area contributed by atoms with Gasteiger partial charge in [0.1, 0.15) is 0 Å². The molecule has 0 aromatic heterocycles. The molecule has 0 spiro atoms. The minimum absolute atomic E-state index is 0.847. The zero-order valence-corrected chi connectivity index (χ0v) is 11.8. The number of benzene rings is 1. The van der Waals surface area contributed by atoms with Crippen LogP contribution in [0.2, 0.25) is 0 Å². The minimum atomic E-state index is 0.847. The summed E-state index contributed by atoms with van der Waals surface area (Å²) in [4.78, 5) is 0. The topological polar surface area (TPSA) is 50.1 Å². The first-order valence-electron chi connectivity index (χ1n) is 6.78. The minimum Gasteiger partial charge on any atom is -0.405 e. The summed E-state index contributed by atoms with van der Waals surface area (Å²) in [5.41, 5.74) is 10.4. The predicted molar refractivity (Wildman–Crippen MR) is 85.6 cm³/mol. The van der Waals surface area contributed by atoms with Crippen LogP contribution in [0.25, 0.3) is 5.70 Å². The first-order chi connectivity index (χ1) is 9.85. The van der Waals surface area contributed by atoms with Gasteiger partial charge in [0.25, 0.3) is 0 Å². The van der Waals surface area contributed by atoms with Gasteiger partial charge in [-0.05, 0) is 47.7 Å². The maximum Gasteiger partial charge on any atom is 0.0398 e. The molecule has 1 aromatic rings. The molecule has 2 rings (SSSR count). The molecular formula is C17H21N3. The Balaban J connectivity index is 2.20. The molecule has 20 heavy (non-hydrogen) atoms. The highest BCUT2D eigenvalue weighted by Crippen LogP contribution is 2.18. The van der Waals surface area contributed by atoms with Gasteiger partial charge in [-0.3, -0.25) is 0 Å². The van der Waals surface area contributed by atoms with E-state index in [0.717, 1.165) is 18.7 Å². The van der Waals surface area contributed by atoms with Crippen molar-refractivity contribution in [2.45, 2.75) is 6.42 Å². The van der Waals surface area contributed by atoms with Crippen molar-refractivity contribution in [1.82, 2.24) is 10.6 Å². The average Bonchev–Trinajstić information content (AvgIpc) is 3.02. The summed E-state index contributed by atoms with van der Waals surface area (Å²) in [6.45, 7) is 0.869. The normalized spacial score (nSPS) is 17.4. The number of hydrogen-bond donors (Lipinski definition) is 3. The van der Waals surface area contributed by atoms with Gasteiger partial charge in [0.2, 0.25) is 0 Å². The van der Waals surface area contributed by atoms with Crippen LogP contribution in [0, 0.1) is 0 Å². The van der Waals surface area contributed by atoms with E-state index in [0.29, 0.717) is 0 Å². The fourth-order valence-corrected chi connectivity index (χ4v) is 2.22. The summed E-state index contributed by atoms with van der Waals surface area (Å²) < 4.78 is 0. The quantitative estimate of drug-likeness (QED) is 0.768. The van der Waals surface area contributed by atoms with Gasteiger partial charge in [-0.1, -0.05) is 36.4 Å². The molecule has 4 N–H and O–H groups in total. The fourth-order valence-electron chi connectivity index (χ4n) is 2.22. The van der Waals surface area contributed by atoms with Crippen molar-refractivity contribution in [3.8, 4) is 0 Å². The number of hydrogen-bond acceptors (Lipinski definition) is 3. The van der Waals surface area contributed by atoms with Crippen molar-refractivity contribution in [1.29, 1.82) is 0 Å². The van der Waals surface area contributed by atoms with E-state index >= 15 is 0 Å². The number of rotatable bonds is 5. The van der Waals surface area contributed by atoms with Gasteiger partial charge in [-0.25, -0.2) is 0 Å². The summed E-state index contributed by atoms with van der Waals surface area (Å²) >= 11 is 0. The third kappa shape index (κ3) is 3.54. The van der Waals surface area contributed by atoms with E-state index in [4.69, 9.17) is 5.73 Å². The van der Waals surface area contributed by atoms with Crippen molar-refractivity contribution in [3.05, 3.63) is 77.7 Å². The summed E-state index contributed by atoms with van der Waals surface area (Å²) in [5, 5.41) is 6.45. The van der Waals surface area contributed by atoms with E-state index < -0.39 is 0 Å². The zero-order chi connectivity index (χ0) is 14.2. The summed E-state index contributed by atoms with van der Waals surface area (Å²) in [6.07, 6.45) is 10.7. The highest BCUT2D eigenvalue weighted by atomic mass is 14.8. The monoisotopic (exact) mass is 267 g/mol. The van der Waals surface area contributed by atoms with E-state index in [2.05, 4.69) is 34.9 Å². The lowest BCUT2D eigenvalue weighted by molar-refractivity contribution is 0.991. The Morgan fingerprint density at radius 1 is 1.35 bits per heavy atom. The summed E-state index contributed by atoms with van der Waals surface area (Å²) in [5.74, 6) is 0. The third-order valence-electron chi connectivity index (χ3n) is 3.28. The van der Waals surface area contributed by atoms with Crippen LogP contribution >= 0.6 is 0 Å². The van der Waals surface area contributed by atoms with Crippen molar-refractivity contribution < 1.29 is 0 Å². The van der Waals surface area contributed by atoms with Gasteiger partial charge in [0.05, 0.1) is 0 Å². The Morgan fingerprint density at radius 2 is 2.15 bits per heavy atom. The van der Waals surface area contributed by atoms with Crippen molar-refractivity contribution >= 4 is 5.70 Å². The van der Waals surface area contributed by atoms with Crippen molar-refractivity contribution in [2.75, 3.05) is 13.6 Å². The standard InChI is InChI=1S/C17H21N3/c1-19-17(15-5-3-2-4-6-15)8-7-14(9-11-18)16-10-12-20-13-16/h2-6,8-12,19-20H,7,13,18H2,1H3/b11-9-,16-14-,17-8-. The molecule has 0 amide bonds. The first-order valence-corrected chi connectivity index (χ1v) is 6.78. The van der Waals surface area contributed by atoms with E-state index in [-0.39, 0.29) is 0 Å². The molecule has 3 heteroatoms. The SMILES string of the molecule is CN/C(=C\CC(/C=C\N)=C1\C=CNC1)c1ccccc1. The largest absolute Gasteiger partial charge is 0.405 e. The van der Waals surface area contributed by atoms with E-state index in [1.54, 1.807) is 6.20 Å². The van der Waals surface area contributed by atoms with Crippen LogP contribution in [0.5, 0.6) is 0 Å². The smallest absolute Gasteiger partial charge is 0.0398 e. The number of nitrogens with two attached hydrogens (primary N) is 1. The summed E-state index contributed by atoms with van der Waals surface area (Å²) in [7, 11) is 1.95. The van der Waals surface area contributed by atoms with Crippen LogP contribution in [-0.2, 0) is 0 Å². The molecule has 0 unspecified atom stereocenters. The van der Waals surface area contributed by atoms with Crippen molar-refractivity contribution in [2.24, 2.45) is 5.73 Å². The molecule has 1 aliphatic rings. The highest BCUT2D eigenvalue weighted by Gasteiger charge is 2.05. The Kier molecular flexibility index (Phi) is 5.07. The zero-order valence-electron chi connectivity index (χ0n) is 11.8. The fraction of sp³-hybridized carbons (Fsp3) is 0.176. The Labute approximate surface area is 120 Å². The molecule has 1 heterocycles.